The van der Waals surface area contributed by atoms with E-state index in [1.54, 1.807) is 27.4 Å². The van der Waals surface area contributed by atoms with Gasteiger partial charge in [0.25, 0.3) is 0 Å². The van der Waals surface area contributed by atoms with Crippen LogP contribution in [0.15, 0.2) is 30.2 Å². The topological polar surface area (TPSA) is 52.6 Å². The summed E-state index contributed by atoms with van der Waals surface area (Å²) in [6, 6.07) is 3.77. The first kappa shape index (κ1) is 15.2. The zero-order valence-corrected chi connectivity index (χ0v) is 13.1. The summed E-state index contributed by atoms with van der Waals surface area (Å²) in [5.74, 6) is 1.80. The Hall–Kier alpha value is -2.21. The van der Waals surface area contributed by atoms with Gasteiger partial charge in [-0.2, -0.15) is 0 Å². The van der Waals surface area contributed by atoms with Crippen LogP contribution in [-0.2, 0) is 0 Å². The molecule has 1 aromatic heterocycles. The van der Waals surface area contributed by atoms with Crippen LogP contribution in [0.2, 0.25) is 0 Å². The number of rotatable bonds is 7. The molecule has 1 heterocycles. The first-order valence-corrected chi connectivity index (χ1v) is 7.22. The van der Waals surface area contributed by atoms with Crippen molar-refractivity contribution in [2.75, 3.05) is 33.2 Å². The monoisotopic (exact) mass is 306 g/mol. The van der Waals surface area contributed by atoms with Crippen LogP contribution in [0, 0.1) is 0 Å². The van der Waals surface area contributed by atoms with E-state index in [1.165, 1.54) is 11.3 Å². The molecule has 6 heteroatoms. The van der Waals surface area contributed by atoms with Gasteiger partial charge in [-0.3, -0.25) is 0 Å². The van der Waals surface area contributed by atoms with Crippen LogP contribution in [0.5, 0.6) is 17.2 Å². The third-order valence-electron chi connectivity index (χ3n) is 2.86. The number of ether oxygens (including phenoxy) is 3. The summed E-state index contributed by atoms with van der Waals surface area (Å²) in [6.07, 6.45) is 1.79. The van der Waals surface area contributed by atoms with E-state index in [9.17, 15) is 0 Å². The van der Waals surface area contributed by atoms with Gasteiger partial charge in [-0.15, -0.1) is 17.9 Å². The highest BCUT2D eigenvalue weighted by Crippen LogP contribution is 2.41. The van der Waals surface area contributed by atoms with E-state index in [0.29, 0.717) is 23.8 Å². The van der Waals surface area contributed by atoms with Gasteiger partial charge in [0.15, 0.2) is 16.6 Å². The molecule has 112 valence electrons. The highest BCUT2D eigenvalue weighted by atomic mass is 32.1. The average molecular weight is 306 g/mol. The molecule has 0 unspecified atom stereocenters. The highest BCUT2D eigenvalue weighted by molar-refractivity contribution is 7.14. The molecule has 0 spiro atoms. The Morgan fingerprint density at radius 1 is 1.19 bits per heavy atom. The number of aromatic nitrogens is 1. The number of nitrogens with zero attached hydrogens (tertiary/aromatic N) is 1. The molecule has 0 aliphatic heterocycles. The summed E-state index contributed by atoms with van der Waals surface area (Å²) in [4.78, 5) is 4.53. The summed E-state index contributed by atoms with van der Waals surface area (Å²) in [6.45, 7) is 4.36. The van der Waals surface area contributed by atoms with Crippen molar-refractivity contribution >= 4 is 16.5 Å². The third kappa shape index (κ3) is 3.28. The molecule has 1 N–H and O–H groups in total. The normalized spacial score (nSPS) is 10.0. The van der Waals surface area contributed by atoms with Crippen LogP contribution in [0.4, 0.5) is 5.13 Å². The number of benzene rings is 1. The van der Waals surface area contributed by atoms with Crippen molar-refractivity contribution in [3.8, 4) is 28.5 Å². The lowest BCUT2D eigenvalue weighted by Gasteiger charge is -2.13. The summed E-state index contributed by atoms with van der Waals surface area (Å²) in [5, 5.41) is 5.99. The smallest absolute Gasteiger partial charge is 0.203 e. The third-order valence-corrected chi connectivity index (χ3v) is 3.66. The Bertz CT molecular complexity index is 600. The fourth-order valence-electron chi connectivity index (χ4n) is 1.88. The maximum atomic E-state index is 5.35. The van der Waals surface area contributed by atoms with Crippen molar-refractivity contribution in [2.45, 2.75) is 0 Å². The highest BCUT2D eigenvalue weighted by Gasteiger charge is 2.15. The number of nitrogens with one attached hydrogen (secondary N) is 1. The standard InChI is InChI=1S/C15H18N2O3S/c1-5-6-16-15-17-11(9-21-15)10-7-12(18-2)14(20-4)13(8-10)19-3/h5,7-9H,1,6H2,2-4H3,(H,16,17). The molecular formula is C15H18N2O3S. The van der Waals surface area contributed by atoms with E-state index in [2.05, 4.69) is 16.9 Å². The fraction of sp³-hybridized carbons (Fsp3) is 0.267. The number of anilines is 1. The molecule has 0 fully saturated rings. The van der Waals surface area contributed by atoms with E-state index < -0.39 is 0 Å². The van der Waals surface area contributed by atoms with Gasteiger partial charge < -0.3 is 19.5 Å². The molecule has 0 atom stereocenters. The van der Waals surface area contributed by atoms with Crippen molar-refractivity contribution in [3.05, 3.63) is 30.2 Å². The Morgan fingerprint density at radius 3 is 2.38 bits per heavy atom. The summed E-state index contributed by atoms with van der Waals surface area (Å²) >= 11 is 1.54. The molecule has 0 aliphatic carbocycles. The van der Waals surface area contributed by atoms with E-state index in [4.69, 9.17) is 14.2 Å². The second kappa shape index (κ2) is 6.99. The van der Waals surface area contributed by atoms with Crippen LogP contribution >= 0.6 is 11.3 Å². The minimum absolute atomic E-state index is 0.573. The largest absolute Gasteiger partial charge is 0.493 e. The van der Waals surface area contributed by atoms with E-state index in [1.807, 2.05) is 17.5 Å². The van der Waals surface area contributed by atoms with Gasteiger partial charge in [0.05, 0.1) is 27.0 Å². The lowest BCUT2D eigenvalue weighted by atomic mass is 10.1. The van der Waals surface area contributed by atoms with Crippen LogP contribution in [0.3, 0.4) is 0 Å². The minimum atomic E-state index is 0.573. The molecular weight excluding hydrogens is 288 g/mol. The molecule has 0 radical (unpaired) electrons. The van der Waals surface area contributed by atoms with E-state index >= 15 is 0 Å². The molecule has 2 aromatic rings. The molecule has 0 saturated heterocycles. The Labute approximate surface area is 128 Å². The molecule has 0 bridgehead atoms. The van der Waals surface area contributed by atoms with Gasteiger partial charge in [0.2, 0.25) is 5.75 Å². The molecule has 0 saturated carbocycles. The Balaban J connectivity index is 2.39. The summed E-state index contributed by atoms with van der Waals surface area (Å²) in [5.41, 5.74) is 1.76. The first-order valence-electron chi connectivity index (χ1n) is 6.34. The molecule has 1 aromatic carbocycles. The fourth-order valence-corrected chi connectivity index (χ4v) is 2.61. The lowest BCUT2D eigenvalue weighted by molar-refractivity contribution is 0.324. The number of thiazole rings is 1. The molecule has 5 nitrogen and oxygen atoms in total. The number of hydrogen-bond donors (Lipinski definition) is 1. The van der Waals surface area contributed by atoms with Gasteiger partial charge in [0.1, 0.15) is 0 Å². The molecule has 2 rings (SSSR count). The van der Waals surface area contributed by atoms with E-state index in [0.717, 1.165) is 16.4 Å². The van der Waals surface area contributed by atoms with E-state index in [-0.39, 0.29) is 0 Å². The number of methoxy groups -OCH3 is 3. The second-order valence-electron chi connectivity index (χ2n) is 4.12. The van der Waals surface area contributed by atoms with Gasteiger partial charge in [-0.1, -0.05) is 6.08 Å². The maximum Gasteiger partial charge on any atom is 0.203 e. The van der Waals surface area contributed by atoms with Crippen LogP contribution in [-0.4, -0.2) is 32.9 Å². The maximum absolute atomic E-state index is 5.35. The molecule has 0 aliphatic rings. The first-order chi connectivity index (χ1) is 10.2. The zero-order valence-electron chi connectivity index (χ0n) is 12.3. The van der Waals surface area contributed by atoms with Gasteiger partial charge >= 0.3 is 0 Å². The quantitative estimate of drug-likeness (QED) is 0.794. The predicted octanol–water partition coefficient (Wildman–Crippen LogP) is 3.43. The lowest BCUT2D eigenvalue weighted by Crippen LogP contribution is -1.97. The van der Waals surface area contributed by atoms with Gasteiger partial charge in [-0.05, 0) is 12.1 Å². The summed E-state index contributed by atoms with van der Waals surface area (Å²) < 4.78 is 16.0. The van der Waals surface area contributed by atoms with Crippen molar-refractivity contribution in [1.29, 1.82) is 0 Å². The SMILES string of the molecule is C=CCNc1nc(-c2cc(OC)c(OC)c(OC)c2)cs1. The van der Waals surface area contributed by atoms with Gasteiger partial charge in [-0.25, -0.2) is 4.98 Å². The zero-order chi connectivity index (χ0) is 15.2. The van der Waals surface area contributed by atoms with Crippen molar-refractivity contribution in [2.24, 2.45) is 0 Å². The van der Waals surface area contributed by atoms with Gasteiger partial charge in [0, 0.05) is 17.5 Å². The van der Waals surface area contributed by atoms with Crippen molar-refractivity contribution in [1.82, 2.24) is 4.98 Å². The molecule has 0 amide bonds. The second-order valence-corrected chi connectivity index (χ2v) is 4.98. The average Bonchev–Trinajstić information content (AvgIpc) is 3.00. The van der Waals surface area contributed by atoms with Crippen LogP contribution in [0.25, 0.3) is 11.3 Å². The van der Waals surface area contributed by atoms with Crippen LogP contribution < -0.4 is 19.5 Å². The summed E-state index contributed by atoms with van der Waals surface area (Å²) in [7, 11) is 4.78. The predicted molar refractivity (Wildman–Crippen MR) is 85.9 cm³/mol. The Kier molecular flexibility index (Phi) is 5.05. The minimum Gasteiger partial charge on any atom is -0.493 e. The van der Waals surface area contributed by atoms with Crippen LogP contribution in [0.1, 0.15) is 0 Å². The van der Waals surface area contributed by atoms with Crippen molar-refractivity contribution in [3.63, 3.8) is 0 Å². The molecule has 21 heavy (non-hydrogen) atoms. The van der Waals surface area contributed by atoms with Crippen molar-refractivity contribution < 1.29 is 14.2 Å². The Morgan fingerprint density at radius 2 is 1.86 bits per heavy atom. The number of hydrogen-bond acceptors (Lipinski definition) is 6.